The largest absolute Gasteiger partial charge is 0.489 e. The van der Waals surface area contributed by atoms with E-state index in [9.17, 15) is 5.11 Å². The average Bonchev–Trinajstić information content (AvgIpc) is 2.37. The third-order valence-electron chi connectivity index (χ3n) is 2.51. The monoisotopic (exact) mass is 307 g/mol. The minimum atomic E-state index is -0.641. The number of nitrogens with one attached hydrogen (secondary N) is 1. The Labute approximate surface area is 123 Å². The zero-order valence-electron chi connectivity index (χ0n) is 10.8. The molecule has 0 aliphatic carbocycles. The average molecular weight is 308 g/mol. The Balaban J connectivity index is 2.28. The zero-order valence-corrected chi connectivity index (χ0v) is 12.3. The lowest BCUT2D eigenvalue weighted by Gasteiger charge is -2.15. The van der Waals surface area contributed by atoms with Crippen molar-refractivity contribution in [2.75, 3.05) is 26.3 Å². The topological polar surface area (TPSA) is 61.7 Å². The fourth-order valence-corrected chi connectivity index (χ4v) is 1.86. The molecule has 0 saturated carbocycles. The molecular weight excluding hydrogens is 289 g/mol. The van der Waals surface area contributed by atoms with Gasteiger partial charge in [0.25, 0.3) is 0 Å². The first-order valence-electron chi connectivity index (χ1n) is 6.10. The Bertz CT molecular complexity index is 390. The van der Waals surface area contributed by atoms with Gasteiger partial charge in [0.1, 0.15) is 18.5 Å². The summed E-state index contributed by atoms with van der Waals surface area (Å²) in [5.74, 6) is 0.660. The van der Waals surface area contributed by atoms with Gasteiger partial charge in [-0.25, -0.2) is 0 Å². The summed E-state index contributed by atoms with van der Waals surface area (Å²) in [6.07, 6.45) is -0.641. The van der Waals surface area contributed by atoms with Crippen LogP contribution < -0.4 is 10.1 Å². The van der Waals surface area contributed by atoms with Crippen LogP contribution in [-0.2, 0) is 0 Å². The van der Waals surface area contributed by atoms with Gasteiger partial charge in [0.15, 0.2) is 0 Å². The third-order valence-corrected chi connectivity index (χ3v) is 3.04. The van der Waals surface area contributed by atoms with Gasteiger partial charge in [0.2, 0.25) is 0 Å². The van der Waals surface area contributed by atoms with Gasteiger partial charge in [-0.1, -0.05) is 30.1 Å². The van der Waals surface area contributed by atoms with Crippen LogP contribution in [0.3, 0.4) is 0 Å². The van der Waals surface area contributed by atoms with Gasteiger partial charge in [0.05, 0.1) is 5.02 Å². The fraction of sp³-hybridized carbons (Fsp3) is 0.538. The molecule has 2 atom stereocenters. The summed E-state index contributed by atoms with van der Waals surface area (Å²) in [7, 11) is 0. The molecule has 0 aliphatic heterocycles. The van der Waals surface area contributed by atoms with Gasteiger partial charge >= 0.3 is 0 Å². The maximum atomic E-state index is 9.72. The molecule has 0 spiro atoms. The number of benzene rings is 1. The smallest absolute Gasteiger partial charge is 0.138 e. The number of hydrogen-bond donors (Lipinski definition) is 3. The molecule has 3 N–H and O–H groups in total. The summed E-state index contributed by atoms with van der Waals surface area (Å²) in [4.78, 5) is 0. The highest BCUT2D eigenvalue weighted by Crippen LogP contribution is 2.27. The normalized spacial score (nSPS) is 14.2. The summed E-state index contributed by atoms with van der Waals surface area (Å²) < 4.78 is 5.41. The first kappa shape index (κ1) is 16.5. The molecule has 0 aliphatic rings. The van der Waals surface area contributed by atoms with E-state index in [1.165, 1.54) is 0 Å². The Morgan fingerprint density at radius 3 is 2.68 bits per heavy atom. The highest BCUT2D eigenvalue weighted by atomic mass is 35.5. The van der Waals surface area contributed by atoms with E-state index in [1.54, 1.807) is 18.2 Å². The molecule has 19 heavy (non-hydrogen) atoms. The maximum absolute atomic E-state index is 9.72. The number of aliphatic hydroxyl groups is 2. The van der Waals surface area contributed by atoms with Crippen LogP contribution in [0.1, 0.15) is 6.92 Å². The Hall–Kier alpha value is -0.520. The van der Waals surface area contributed by atoms with Crippen molar-refractivity contribution in [3.05, 3.63) is 28.2 Å². The first-order valence-corrected chi connectivity index (χ1v) is 6.86. The van der Waals surface area contributed by atoms with Crippen LogP contribution in [0.15, 0.2) is 18.2 Å². The van der Waals surface area contributed by atoms with E-state index in [4.69, 9.17) is 33.0 Å². The van der Waals surface area contributed by atoms with Gasteiger partial charge in [0, 0.05) is 18.2 Å². The standard InChI is InChI=1S/C13H19Cl2NO3/c1-9(7-17)5-16-6-11(18)8-19-13-3-2-10(14)4-12(13)15/h2-4,9,11,16-18H,5-8H2,1H3. The van der Waals surface area contributed by atoms with Crippen molar-refractivity contribution in [2.45, 2.75) is 13.0 Å². The lowest BCUT2D eigenvalue weighted by Crippen LogP contribution is -2.34. The molecule has 1 rings (SSSR count). The second-order valence-electron chi connectivity index (χ2n) is 4.49. The van der Waals surface area contributed by atoms with Gasteiger partial charge < -0.3 is 20.3 Å². The molecule has 1 aromatic carbocycles. The maximum Gasteiger partial charge on any atom is 0.138 e. The van der Waals surface area contributed by atoms with Crippen LogP contribution in [0.25, 0.3) is 0 Å². The van der Waals surface area contributed by atoms with E-state index in [2.05, 4.69) is 5.32 Å². The molecule has 0 amide bonds. The van der Waals surface area contributed by atoms with E-state index in [1.807, 2.05) is 6.92 Å². The Kier molecular flexibility index (Phi) is 7.49. The first-order chi connectivity index (χ1) is 9.02. The van der Waals surface area contributed by atoms with Gasteiger partial charge in [-0.2, -0.15) is 0 Å². The number of halogens is 2. The summed E-state index contributed by atoms with van der Waals surface area (Å²) in [5.41, 5.74) is 0. The van der Waals surface area contributed by atoms with Crippen molar-refractivity contribution >= 4 is 23.2 Å². The van der Waals surface area contributed by atoms with Crippen molar-refractivity contribution in [3.63, 3.8) is 0 Å². The number of aliphatic hydroxyl groups excluding tert-OH is 2. The van der Waals surface area contributed by atoms with Crippen molar-refractivity contribution in [3.8, 4) is 5.75 Å². The molecule has 108 valence electrons. The van der Waals surface area contributed by atoms with Gasteiger partial charge in [-0.15, -0.1) is 0 Å². The molecule has 4 nitrogen and oxygen atoms in total. The second kappa shape index (κ2) is 8.61. The van der Waals surface area contributed by atoms with Gasteiger partial charge in [-0.3, -0.25) is 0 Å². The second-order valence-corrected chi connectivity index (χ2v) is 5.33. The van der Waals surface area contributed by atoms with Gasteiger partial charge in [-0.05, 0) is 30.7 Å². The molecule has 0 aromatic heterocycles. The lowest BCUT2D eigenvalue weighted by atomic mass is 10.2. The molecule has 2 unspecified atom stereocenters. The van der Waals surface area contributed by atoms with Crippen LogP contribution >= 0.6 is 23.2 Å². The van der Waals surface area contributed by atoms with E-state index < -0.39 is 6.10 Å². The van der Waals surface area contributed by atoms with Crippen molar-refractivity contribution < 1.29 is 14.9 Å². The highest BCUT2D eigenvalue weighted by molar-refractivity contribution is 6.35. The summed E-state index contributed by atoms with van der Waals surface area (Å²) in [5, 5.41) is 22.6. The van der Waals surface area contributed by atoms with Crippen LogP contribution in [0.4, 0.5) is 0 Å². The Morgan fingerprint density at radius 2 is 2.05 bits per heavy atom. The van der Waals surface area contributed by atoms with Crippen molar-refractivity contribution in [1.82, 2.24) is 5.32 Å². The summed E-state index contributed by atoms with van der Waals surface area (Å²) >= 11 is 11.7. The predicted octanol–water partition coefficient (Wildman–Crippen LogP) is 1.95. The van der Waals surface area contributed by atoms with Crippen LogP contribution in [0.5, 0.6) is 5.75 Å². The molecule has 0 radical (unpaired) electrons. The summed E-state index contributed by atoms with van der Waals surface area (Å²) in [6.45, 7) is 3.23. The summed E-state index contributed by atoms with van der Waals surface area (Å²) in [6, 6.07) is 4.93. The predicted molar refractivity (Wildman–Crippen MR) is 77.1 cm³/mol. The van der Waals surface area contributed by atoms with Crippen LogP contribution in [0.2, 0.25) is 10.0 Å². The lowest BCUT2D eigenvalue weighted by molar-refractivity contribution is 0.104. The highest BCUT2D eigenvalue weighted by Gasteiger charge is 2.08. The number of ether oxygens (including phenoxy) is 1. The number of hydrogen-bond acceptors (Lipinski definition) is 4. The van der Waals surface area contributed by atoms with Crippen molar-refractivity contribution in [2.24, 2.45) is 5.92 Å². The fourth-order valence-electron chi connectivity index (χ4n) is 1.40. The molecule has 0 fully saturated rings. The quantitative estimate of drug-likeness (QED) is 0.687. The van der Waals surface area contributed by atoms with E-state index in [0.717, 1.165) is 0 Å². The molecule has 0 bridgehead atoms. The third kappa shape index (κ3) is 6.45. The number of rotatable bonds is 8. The molecular formula is C13H19Cl2NO3. The SMILES string of the molecule is CC(CO)CNCC(O)COc1ccc(Cl)cc1Cl. The van der Waals surface area contributed by atoms with Crippen molar-refractivity contribution in [1.29, 1.82) is 0 Å². The molecule has 0 heterocycles. The van der Waals surface area contributed by atoms with Crippen LogP contribution in [-0.4, -0.2) is 42.6 Å². The molecule has 6 heteroatoms. The molecule has 0 saturated heterocycles. The minimum absolute atomic E-state index is 0.125. The zero-order chi connectivity index (χ0) is 14.3. The van der Waals surface area contributed by atoms with E-state index in [0.29, 0.717) is 28.9 Å². The minimum Gasteiger partial charge on any atom is -0.489 e. The van der Waals surface area contributed by atoms with E-state index >= 15 is 0 Å². The van der Waals surface area contributed by atoms with Crippen LogP contribution in [0, 0.1) is 5.92 Å². The Morgan fingerprint density at radius 1 is 1.32 bits per heavy atom. The molecule has 1 aromatic rings. The van der Waals surface area contributed by atoms with E-state index in [-0.39, 0.29) is 19.1 Å².